The number of carbonyl (C=O) groups excluding carboxylic acids is 3. The van der Waals surface area contributed by atoms with E-state index in [1.165, 1.54) is 11.8 Å². The van der Waals surface area contributed by atoms with E-state index in [0.717, 1.165) is 0 Å². The van der Waals surface area contributed by atoms with Gasteiger partial charge >= 0.3 is 5.97 Å². The number of hydrogen-bond acceptors (Lipinski definition) is 8. The number of carboxylic acids is 1. The molecule has 0 saturated carbocycles. The lowest BCUT2D eigenvalue weighted by molar-refractivity contribution is -0.142. The molecule has 12 nitrogen and oxygen atoms in total. The van der Waals surface area contributed by atoms with Gasteiger partial charge in [-0.25, -0.2) is 4.79 Å². The number of guanidine groups is 1. The smallest absolute Gasteiger partial charge is 0.326 e. The number of nitrogens with two attached hydrogens (primary N) is 3. The van der Waals surface area contributed by atoms with E-state index in [0.29, 0.717) is 12.2 Å². The molecule has 14 heteroatoms. The van der Waals surface area contributed by atoms with E-state index in [1.54, 1.807) is 13.8 Å². The Morgan fingerprint density at radius 2 is 1.52 bits per heavy atom. The number of thioether (sulfide) groups is 1. The van der Waals surface area contributed by atoms with Gasteiger partial charge in [-0.2, -0.15) is 24.4 Å². The summed E-state index contributed by atoms with van der Waals surface area (Å²) >= 11 is 5.56. The second-order valence-electron chi connectivity index (χ2n) is 7.70. The lowest BCUT2D eigenvalue weighted by Gasteiger charge is -2.25. The Morgan fingerprint density at radius 1 is 0.970 bits per heavy atom. The van der Waals surface area contributed by atoms with E-state index in [2.05, 4.69) is 33.6 Å². The number of carbonyl (C=O) groups is 4. The van der Waals surface area contributed by atoms with E-state index in [1.807, 2.05) is 6.26 Å². The Labute approximate surface area is 204 Å². The van der Waals surface area contributed by atoms with Gasteiger partial charge in [-0.1, -0.05) is 13.8 Å². The average Bonchev–Trinajstić information content (AvgIpc) is 2.75. The number of carboxylic acid groups (broad SMARTS) is 1. The largest absolute Gasteiger partial charge is 0.480 e. The van der Waals surface area contributed by atoms with E-state index >= 15 is 0 Å². The van der Waals surface area contributed by atoms with Crippen molar-refractivity contribution in [3.63, 3.8) is 0 Å². The van der Waals surface area contributed by atoms with Gasteiger partial charge in [-0.3, -0.25) is 19.4 Å². The second kappa shape index (κ2) is 16.4. The maximum Gasteiger partial charge on any atom is 0.326 e. The van der Waals surface area contributed by atoms with Gasteiger partial charge in [0, 0.05) is 12.3 Å². The van der Waals surface area contributed by atoms with E-state index < -0.39 is 47.9 Å². The van der Waals surface area contributed by atoms with Crippen LogP contribution in [-0.2, 0) is 19.2 Å². The number of aliphatic carboxylic acids is 1. The van der Waals surface area contributed by atoms with Crippen LogP contribution >= 0.6 is 24.4 Å². The van der Waals surface area contributed by atoms with Crippen LogP contribution in [0.5, 0.6) is 0 Å². The Hall–Kier alpha value is -2.19. The Morgan fingerprint density at radius 3 is 2.00 bits per heavy atom. The lowest BCUT2D eigenvalue weighted by Crippen LogP contribution is -2.58. The molecule has 0 aliphatic rings. The highest BCUT2D eigenvalue weighted by molar-refractivity contribution is 7.98. The van der Waals surface area contributed by atoms with Crippen LogP contribution in [0.3, 0.4) is 0 Å². The summed E-state index contributed by atoms with van der Waals surface area (Å²) in [6.07, 6.45) is 2.53. The molecule has 0 spiro atoms. The molecule has 0 aromatic rings. The van der Waals surface area contributed by atoms with Crippen molar-refractivity contribution in [2.45, 2.75) is 57.3 Å². The molecule has 0 rings (SSSR count). The molecule has 4 atom stereocenters. The Bertz CT molecular complexity index is 689. The zero-order valence-corrected chi connectivity index (χ0v) is 21.0. The molecule has 0 aromatic carbocycles. The molecule has 4 unspecified atom stereocenters. The number of nitrogens with one attached hydrogen (secondary N) is 3. The van der Waals surface area contributed by atoms with Crippen LogP contribution in [0.2, 0.25) is 0 Å². The van der Waals surface area contributed by atoms with Crippen LogP contribution in [0, 0.1) is 5.92 Å². The van der Waals surface area contributed by atoms with Gasteiger partial charge in [0.25, 0.3) is 0 Å². The molecule has 0 saturated heterocycles. The van der Waals surface area contributed by atoms with Crippen molar-refractivity contribution in [3.05, 3.63) is 0 Å². The Balaban J connectivity index is 5.37. The first kappa shape index (κ1) is 30.8. The highest BCUT2D eigenvalue weighted by Gasteiger charge is 2.30. The molecule has 33 heavy (non-hydrogen) atoms. The summed E-state index contributed by atoms with van der Waals surface area (Å²) < 4.78 is 0. The predicted molar refractivity (Wildman–Crippen MR) is 133 cm³/mol. The molecular formula is C19H37N7O5S2. The van der Waals surface area contributed by atoms with Crippen molar-refractivity contribution in [1.82, 2.24) is 16.0 Å². The third kappa shape index (κ3) is 12.6. The number of nitrogens with zero attached hydrogens (tertiary/aromatic N) is 1. The fraction of sp³-hybridized carbons (Fsp3) is 0.737. The fourth-order valence-electron chi connectivity index (χ4n) is 2.57. The minimum atomic E-state index is -1.17. The summed E-state index contributed by atoms with van der Waals surface area (Å²) in [5.41, 5.74) is 16.4. The quantitative estimate of drug-likeness (QED) is 0.0513. The summed E-state index contributed by atoms with van der Waals surface area (Å²) in [6, 6.07) is -4.02. The predicted octanol–water partition coefficient (Wildman–Crippen LogP) is -1.75. The maximum atomic E-state index is 12.8. The van der Waals surface area contributed by atoms with E-state index in [-0.39, 0.29) is 37.0 Å². The van der Waals surface area contributed by atoms with Gasteiger partial charge in [-0.05, 0) is 37.2 Å². The number of amides is 3. The molecule has 10 N–H and O–H groups in total. The van der Waals surface area contributed by atoms with Crippen molar-refractivity contribution in [2.75, 3.05) is 24.3 Å². The van der Waals surface area contributed by atoms with Crippen LogP contribution < -0.4 is 33.2 Å². The maximum absolute atomic E-state index is 12.8. The minimum Gasteiger partial charge on any atom is -0.480 e. The average molecular weight is 508 g/mol. The number of aliphatic imine (C=N–C) groups is 1. The molecule has 0 bridgehead atoms. The molecule has 0 aliphatic carbocycles. The topological polar surface area (TPSA) is 215 Å². The standard InChI is InChI=1S/C19H37N7O5S2/c1-10(2)14(20)17(29)26-13(9-32)16(28)24-11(5-4-7-23-19(21)22)15(27)25-12(18(30)31)6-8-33-3/h10-14,32H,4-9,20H2,1-3H3,(H,24,28)(H,25,27)(H,26,29)(H,30,31)(H4,21,22,23). The number of rotatable bonds is 16. The van der Waals surface area contributed by atoms with Crippen molar-refractivity contribution in [3.8, 4) is 0 Å². The summed E-state index contributed by atoms with van der Waals surface area (Å²) in [6.45, 7) is 3.76. The van der Waals surface area contributed by atoms with Crippen LogP contribution in [0.1, 0.15) is 33.1 Å². The molecule has 0 radical (unpaired) electrons. The van der Waals surface area contributed by atoms with Crippen LogP contribution in [0.15, 0.2) is 4.99 Å². The normalized spacial score (nSPS) is 14.5. The minimum absolute atomic E-state index is 0.0315. The van der Waals surface area contributed by atoms with E-state index in [9.17, 15) is 24.3 Å². The zero-order chi connectivity index (χ0) is 25.6. The van der Waals surface area contributed by atoms with Gasteiger partial charge in [0.05, 0.1) is 6.04 Å². The molecule has 190 valence electrons. The summed E-state index contributed by atoms with van der Waals surface area (Å²) in [4.78, 5) is 53.1. The number of hydrogen-bond donors (Lipinski definition) is 8. The highest BCUT2D eigenvalue weighted by atomic mass is 32.2. The van der Waals surface area contributed by atoms with Gasteiger partial charge in [-0.15, -0.1) is 0 Å². The number of thiol groups is 1. The molecule has 0 aliphatic heterocycles. The first-order valence-corrected chi connectivity index (χ1v) is 12.5. The van der Waals surface area contributed by atoms with Crippen molar-refractivity contribution in [1.29, 1.82) is 0 Å². The van der Waals surface area contributed by atoms with Gasteiger partial charge in [0.2, 0.25) is 17.7 Å². The van der Waals surface area contributed by atoms with Crippen molar-refractivity contribution < 1.29 is 24.3 Å². The second-order valence-corrected chi connectivity index (χ2v) is 9.06. The van der Waals surface area contributed by atoms with Gasteiger partial charge in [0.15, 0.2) is 5.96 Å². The van der Waals surface area contributed by atoms with Gasteiger partial charge < -0.3 is 38.3 Å². The fourth-order valence-corrected chi connectivity index (χ4v) is 3.30. The SMILES string of the molecule is CSCCC(NC(=O)C(CCCN=C(N)N)NC(=O)C(CS)NC(=O)C(N)C(C)C)C(=O)O. The third-order valence-electron chi connectivity index (χ3n) is 4.64. The third-order valence-corrected chi connectivity index (χ3v) is 5.65. The van der Waals surface area contributed by atoms with Crippen LogP contribution in [-0.4, -0.2) is 83.2 Å². The molecule has 0 fully saturated rings. The lowest BCUT2D eigenvalue weighted by atomic mass is 10.0. The van der Waals surface area contributed by atoms with Crippen molar-refractivity contribution in [2.24, 2.45) is 28.1 Å². The summed E-state index contributed by atoms with van der Waals surface area (Å²) in [7, 11) is 0. The first-order valence-electron chi connectivity index (χ1n) is 10.5. The molecule has 3 amide bonds. The van der Waals surface area contributed by atoms with Crippen LogP contribution in [0.4, 0.5) is 0 Å². The van der Waals surface area contributed by atoms with Crippen molar-refractivity contribution >= 4 is 54.0 Å². The first-order chi connectivity index (χ1) is 15.4. The zero-order valence-electron chi connectivity index (χ0n) is 19.2. The van der Waals surface area contributed by atoms with E-state index in [4.69, 9.17) is 17.2 Å². The van der Waals surface area contributed by atoms with Crippen LogP contribution in [0.25, 0.3) is 0 Å². The summed E-state index contributed by atoms with van der Waals surface area (Å²) in [5.74, 6) is -2.75. The molecule has 0 aromatic heterocycles. The monoisotopic (exact) mass is 507 g/mol. The highest BCUT2D eigenvalue weighted by Crippen LogP contribution is 2.06. The molecular weight excluding hydrogens is 470 g/mol. The van der Waals surface area contributed by atoms with Gasteiger partial charge in [0.1, 0.15) is 18.1 Å². The Kier molecular flexibility index (Phi) is 15.3. The molecule has 0 heterocycles. The summed E-state index contributed by atoms with van der Waals surface area (Å²) in [5, 5.41) is 16.9.